The summed E-state index contributed by atoms with van der Waals surface area (Å²) >= 11 is 0. The van der Waals surface area contributed by atoms with Crippen LogP contribution in [0.15, 0.2) is 245 Å². The molecule has 0 aliphatic rings. The molecular weight excluding hydrogens is 935 g/mol. The summed E-state index contributed by atoms with van der Waals surface area (Å²) in [4.78, 5) is 26.7. The van der Waals surface area contributed by atoms with Gasteiger partial charge < -0.3 is 13.4 Å². The second kappa shape index (κ2) is 16.5. The van der Waals surface area contributed by atoms with Crippen LogP contribution in [0.25, 0.3) is 156 Å². The Morgan fingerprint density at radius 3 is 1.45 bits per heavy atom. The van der Waals surface area contributed by atoms with E-state index in [9.17, 15) is 0 Å². The largest absolute Gasteiger partial charge is 0.456 e. The third kappa shape index (κ3) is 6.42. The topological polar surface area (TPSA) is 101 Å². The van der Waals surface area contributed by atoms with E-state index in [0.29, 0.717) is 23.4 Å². The second-order valence-corrected chi connectivity index (χ2v) is 19.1. The van der Waals surface area contributed by atoms with Crippen molar-refractivity contribution in [2.24, 2.45) is 0 Å². The summed E-state index contributed by atoms with van der Waals surface area (Å²) in [6.07, 6.45) is 0. The van der Waals surface area contributed by atoms with E-state index in [4.69, 9.17) is 33.8 Å². The number of aromatic nitrogens is 7. The van der Waals surface area contributed by atoms with Crippen LogP contribution < -0.4 is 0 Å². The van der Waals surface area contributed by atoms with Crippen molar-refractivity contribution in [2.75, 3.05) is 0 Å². The van der Waals surface area contributed by atoms with Gasteiger partial charge in [-0.05, 0) is 77.9 Å². The molecule has 9 nitrogen and oxygen atoms in total. The number of furan rings is 2. The van der Waals surface area contributed by atoms with E-state index in [2.05, 4.69) is 143 Å². The molecule has 16 rings (SSSR count). The second-order valence-electron chi connectivity index (χ2n) is 19.1. The van der Waals surface area contributed by atoms with Gasteiger partial charge in [0, 0.05) is 65.6 Å². The highest BCUT2D eigenvalue weighted by atomic mass is 16.3. The van der Waals surface area contributed by atoms with Crippen LogP contribution in [0.5, 0.6) is 0 Å². The van der Waals surface area contributed by atoms with E-state index in [-0.39, 0.29) is 0 Å². The monoisotopic (exact) mass is 973 g/mol. The van der Waals surface area contributed by atoms with Gasteiger partial charge in [0.15, 0.2) is 17.5 Å². The zero-order valence-corrected chi connectivity index (χ0v) is 40.5. The van der Waals surface area contributed by atoms with E-state index >= 15 is 0 Å². The highest BCUT2D eigenvalue weighted by Gasteiger charge is 2.26. The molecule has 76 heavy (non-hydrogen) atoms. The Morgan fingerprint density at radius 1 is 0.303 bits per heavy atom. The van der Waals surface area contributed by atoms with Crippen LogP contribution in [0.3, 0.4) is 0 Å². The zero-order valence-electron chi connectivity index (χ0n) is 40.5. The number of fused-ring (bicyclic) bond motifs is 12. The fourth-order valence-corrected chi connectivity index (χ4v) is 11.4. The number of hydrogen-bond acceptors (Lipinski definition) is 7. The molecule has 0 aliphatic carbocycles. The first kappa shape index (κ1) is 42.0. The first-order valence-electron chi connectivity index (χ1n) is 25.3. The summed E-state index contributed by atoms with van der Waals surface area (Å²) in [7, 11) is 0. The first-order chi connectivity index (χ1) is 37.7. The van der Waals surface area contributed by atoms with Gasteiger partial charge in [-0.15, -0.1) is 0 Å². The van der Waals surface area contributed by atoms with Crippen LogP contribution in [0.1, 0.15) is 0 Å². The molecule has 354 valence electrons. The van der Waals surface area contributed by atoms with Gasteiger partial charge in [0.1, 0.15) is 27.8 Å². The first-order valence-corrected chi connectivity index (χ1v) is 25.3. The minimum atomic E-state index is 0.548. The van der Waals surface area contributed by atoms with Crippen molar-refractivity contribution in [3.05, 3.63) is 237 Å². The summed E-state index contributed by atoms with van der Waals surface area (Å²) < 4.78 is 17.5. The van der Waals surface area contributed by atoms with Crippen molar-refractivity contribution in [1.82, 2.24) is 34.1 Å². The van der Waals surface area contributed by atoms with E-state index in [1.54, 1.807) is 0 Å². The number of hydrogen-bond donors (Lipinski definition) is 0. The van der Waals surface area contributed by atoms with Crippen molar-refractivity contribution in [1.29, 1.82) is 0 Å². The molecule has 9 heteroatoms. The maximum atomic E-state index is 6.53. The summed E-state index contributed by atoms with van der Waals surface area (Å²) in [6.45, 7) is 0. The zero-order chi connectivity index (χ0) is 49.8. The number of benzene rings is 10. The molecule has 0 N–H and O–H groups in total. The highest BCUT2D eigenvalue weighted by Crippen LogP contribution is 2.45. The molecule has 6 aromatic heterocycles. The van der Waals surface area contributed by atoms with Crippen LogP contribution in [0, 0.1) is 0 Å². The third-order valence-corrected chi connectivity index (χ3v) is 14.8. The SMILES string of the molecule is c1ccc(-c2nc(-c3ccccc3)nc(-n3c4ccccc4c4cc(-c5ccc6c(c5)c5nc(-c7cccc8oc9ccccc9c78)nc(-c7cccc8oc9ccccc9c78)c5n6-c5ccccc5)ccc43)n2)cc1. The summed E-state index contributed by atoms with van der Waals surface area (Å²) in [5.74, 6) is 2.36. The van der Waals surface area contributed by atoms with Crippen molar-refractivity contribution in [3.63, 3.8) is 0 Å². The summed E-state index contributed by atoms with van der Waals surface area (Å²) in [5.41, 5.74) is 15.5. The predicted octanol–water partition coefficient (Wildman–Crippen LogP) is 17.0. The van der Waals surface area contributed by atoms with Gasteiger partial charge in [0.2, 0.25) is 5.95 Å². The molecule has 0 bridgehead atoms. The van der Waals surface area contributed by atoms with Crippen LogP contribution >= 0.6 is 0 Å². The lowest BCUT2D eigenvalue weighted by molar-refractivity contribution is 0.668. The molecule has 10 aromatic carbocycles. The fourth-order valence-electron chi connectivity index (χ4n) is 11.4. The number of nitrogens with zero attached hydrogens (tertiary/aromatic N) is 7. The molecule has 0 spiro atoms. The molecule has 0 radical (unpaired) electrons. The van der Waals surface area contributed by atoms with Gasteiger partial charge in [-0.3, -0.25) is 4.57 Å². The lowest BCUT2D eigenvalue weighted by atomic mass is 10.00. The molecule has 0 saturated heterocycles. The molecule has 6 heterocycles. The average Bonchev–Trinajstić information content (AvgIpc) is 4.38. The van der Waals surface area contributed by atoms with Gasteiger partial charge in [-0.25, -0.2) is 15.0 Å². The summed E-state index contributed by atoms with van der Waals surface area (Å²) in [6, 6.07) is 81.5. The Labute approximate surface area is 433 Å². The maximum absolute atomic E-state index is 6.53. The van der Waals surface area contributed by atoms with Crippen LogP contribution in [-0.4, -0.2) is 34.1 Å². The molecule has 0 fully saturated rings. The molecule has 0 amide bonds. The Hall–Kier alpha value is -10.5. The van der Waals surface area contributed by atoms with Gasteiger partial charge in [0.25, 0.3) is 0 Å². The molecule has 0 atom stereocenters. The molecule has 0 saturated carbocycles. The Balaban J connectivity index is 0.957. The number of rotatable bonds is 7. The van der Waals surface area contributed by atoms with Gasteiger partial charge in [0.05, 0.1) is 27.8 Å². The Bertz CT molecular complexity index is 4940. The molecule has 0 unspecified atom stereocenters. The standard InChI is InChI=1S/C67H39N7O2/c1-4-18-40(19-5-1)64-70-65(41-20-6-2-7-21-41)72-67(71-64)74-52-29-13-10-24-45(52)50-38-42(34-36-53(50)74)43-35-37-54-51(39-43)62-63(73(54)44-22-8-3-9-23-44)61(48-27-16-32-57-59(48)46-25-11-14-30-55(46)75-57)68-66(69-62)49-28-17-33-58-60(49)47-26-12-15-31-56(47)76-58/h1-39H. The summed E-state index contributed by atoms with van der Waals surface area (Å²) in [5, 5.41) is 7.16. The number of para-hydroxylation sites is 4. The van der Waals surface area contributed by atoms with Gasteiger partial charge in [-0.1, -0.05) is 170 Å². The lowest BCUT2D eigenvalue weighted by Gasteiger charge is -2.13. The molecular formula is C67H39N7O2. The maximum Gasteiger partial charge on any atom is 0.238 e. The minimum Gasteiger partial charge on any atom is -0.456 e. The van der Waals surface area contributed by atoms with E-state index in [0.717, 1.165) is 132 Å². The van der Waals surface area contributed by atoms with Crippen molar-refractivity contribution < 1.29 is 8.83 Å². The fraction of sp³-hybridized carbons (Fsp3) is 0. The third-order valence-electron chi connectivity index (χ3n) is 14.8. The molecule has 0 aliphatic heterocycles. The van der Waals surface area contributed by atoms with Crippen LogP contribution in [0.2, 0.25) is 0 Å². The van der Waals surface area contributed by atoms with Crippen molar-refractivity contribution >= 4 is 87.6 Å². The predicted molar refractivity (Wildman–Crippen MR) is 306 cm³/mol. The minimum absolute atomic E-state index is 0.548. The lowest BCUT2D eigenvalue weighted by Crippen LogP contribution is -2.06. The van der Waals surface area contributed by atoms with E-state index in [1.165, 1.54) is 0 Å². The average molecular weight is 974 g/mol. The van der Waals surface area contributed by atoms with E-state index < -0.39 is 0 Å². The highest BCUT2D eigenvalue weighted by molar-refractivity contribution is 6.19. The van der Waals surface area contributed by atoms with Gasteiger partial charge >= 0.3 is 0 Å². The quantitative estimate of drug-likeness (QED) is 0.157. The Kier molecular flexibility index (Phi) is 9.13. The van der Waals surface area contributed by atoms with Crippen LogP contribution in [-0.2, 0) is 0 Å². The smallest absolute Gasteiger partial charge is 0.238 e. The Morgan fingerprint density at radius 2 is 0.803 bits per heavy atom. The van der Waals surface area contributed by atoms with Crippen LogP contribution in [0.4, 0.5) is 0 Å². The van der Waals surface area contributed by atoms with Crippen molar-refractivity contribution in [2.45, 2.75) is 0 Å². The van der Waals surface area contributed by atoms with Crippen molar-refractivity contribution in [3.8, 4) is 68.2 Å². The molecule has 16 aromatic rings. The van der Waals surface area contributed by atoms with E-state index in [1.807, 2.05) is 103 Å². The van der Waals surface area contributed by atoms with Gasteiger partial charge in [-0.2, -0.15) is 9.97 Å². The normalized spacial score (nSPS) is 11.9.